The van der Waals surface area contributed by atoms with Crippen LogP contribution in [0.15, 0.2) is 30.3 Å². The smallest absolute Gasteiger partial charge is 0.314 e. The Hall–Kier alpha value is -1.31. The lowest BCUT2D eigenvalue weighted by atomic mass is 9.77. The fraction of sp³-hybridized carbons (Fsp3) is 0.500. The summed E-state index contributed by atoms with van der Waals surface area (Å²) >= 11 is 0. The number of carbonyl (C=O) groups excluding carboxylic acids is 1. The van der Waals surface area contributed by atoms with Gasteiger partial charge in [-0.15, -0.1) is 0 Å². The van der Waals surface area contributed by atoms with E-state index in [1.807, 2.05) is 30.3 Å². The van der Waals surface area contributed by atoms with E-state index in [4.69, 9.17) is 4.74 Å². The standard InChI is InChI=1S/C14H16O2/c15-14-13(10-6-2-1-3-7-10)11-8-4-5-9-12(11)16-14/h1-3,6-7,11-13H,4-5,8-9H2/t11-,12+,13+/m1/s1. The fourth-order valence-electron chi connectivity index (χ4n) is 3.09. The molecule has 1 heterocycles. The molecule has 1 aromatic rings. The molecule has 16 heavy (non-hydrogen) atoms. The van der Waals surface area contributed by atoms with Gasteiger partial charge in [0.05, 0.1) is 5.92 Å². The molecule has 0 bridgehead atoms. The summed E-state index contributed by atoms with van der Waals surface area (Å²) in [5.74, 6) is 0.401. The molecule has 0 unspecified atom stereocenters. The normalized spacial score (nSPS) is 33.2. The Labute approximate surface area is 95.6 Å². The van der Waals surface area contributed by atoms with E-state index in [1.54, 1.807) is 0 Å². The second-order valence-corrected chi connectivity index (χ2v) is 4.81. The Kier molecular flexibility index (Phi) is 2.43. The van der Waals surface area contributed by atoms with Gasteiger partial charge in [-0.25, -0.2) is 0 Å². The van der Waals surface area contributed by atoms with E-state index in [1.165, 1.54) is 12.8 Å². The van der Waals surface area contributed by atoms with Crippen LogP contribution in [0.5, 0.6) is 0 Å². The maximum absolute atomic E-state index is 11.9. The number of hydrogen-bond donors (Lipinski definition) is 0. The first kappa shape index (κ1) is 9.88. The van der Waals surface area contributed by atoms with E-state index in [0.717, 1.165) is 18.4 Å². The Morgan fingerprint density at radius 2 is 1.81 bits per heavy atom. The number of ether oxygens (including phenoxy) is 1. The van der Waals surface area contributed by atoms with E-state index in [2.05, 4.69) is 0 Å². The van der Waals surface area contributed by atoms with E-state index in [0.29, 0.717) is 5.92 Å². The third-order valence-corrected chi connectivity index (χ3v) is 3.86. The lowest BCUT2D eigenvalue weighted by Gasteiger charge is -2.25. The molecular formula is C14H16O2. The minimum Gasteiger partial charge on any atom is -0.462 e. The molecule has 0 spiro atoms. The largest absolute Gasteiger partial charge is 0.462 e. The minimum atomic E-state index is -0.0110. The molecule has 2 aliphatic rings. The highest BCUT2D eigenvalue weighted by Crippen LogP contribution is 2.43. The van der Waals surface area contributed by atoms with Crippen LogP contribution in [0.25, 0.3) is 0 Å². The molecule has 0 aromatic heterocycles. The van der Waals surface area contributed by atoms with Gasteiger partial charge in [0.1, 0.15) is 6.10 Å². The molecule has 1 aliphatic carbocycles. The molecule has 2 nitrogen and oxygen atoms in total. The van der Waals surface area contributed by atoms with Crippen LogP contribution in [-0.2, 0) is 9.53 Å². The van der Waals surface area contributed by atoms with Crippen molar-refractivity contribution in [2.24, 2.45) is 5.92 Å². The van der Waals surface area contributed by atoms with Crippen LogP contribution in [0.4, 0.5) is 0 Å². The highest BCUT2D eigenvalue weighted by molar-refractivity contribution is 5.81. The van der Waals surface area contributed by atoms with Gasteiger partial charge in [-0.3, -0.25) is 4.79 Å². The topological polar surface area (TPSA) is 26.3 Å². The molecule has 2 heteroatoms. The van der Waals surface area contributed by atoms with Gasteiger partial charge in [0.25, 0.3) is 0 Å². The number of esters is 1. The lowest BCUT2D eigenvalue weighted by Crippen LogP contribution is -2.23. The summed E-state index contributed by atoms with van der Waals surface area (Å²) in [6.45, 7) is 0. The van der Waals surface area contributed by atoms with Gasteiger partial charge in [0.15, 0.2) is 0 Å². The highest BCUT2D eigenvalue weighted by atomic mass is 16.6. The highest BCUT2D eigenvalue weighted by Gasteiger charge is 2.45. The second-order valence-electron chi connectivity index (χ2n) is 4.81. The van der Waals surface area contributed by atoms with Crippen molar-refractivity contribution in [2.75, 3.05) is 0 Å². The van der Waals surface area contributed by atoms with Crippen molar-refractivity contribution in [3.05, 3.63) is 35.9 Å². The van der Waals surface area contributed by atoms with E-state index in [-0.39, 0.29) is 18.0 Å². The molecule has 3 atom stereocenters. The van der Waals surface area contributed by atoms with Gasteiger partial charge in [-0.05, 0) is 24.8 Å². The maximum atomic E-state index is 11.9. The molecule has 1 aromatic carbocycles. The number of rotatable bonds is 1. The number of hydrogen-bond acceptors (Lipinski definition) is 2. The molecule has 0 N–H and O–H groups in total. The minimum absolute atomic E-state index is 0.00787. The summed E-state index contributed by atoms with van der Waals surface area (Å²) in [6.07, 6.45) is 4.82. The van der Waals surface area contributed by atoms with Crippen molar-refractivity contribution >= 4 is 5.97 Å². The van der Waals surface area contributed by atoms with Gasteiger partial charge in [0.2, 0.25) is 0 Å². The summed E-state index contributed by atoms with van der Waals surface area (Å²) in [6, 6.07) is 10.1. The van der Waals surface area contributed by atoms with Crippen LogP contribution in [0, 0.1) is 5.92 Å². The average molecular weight is 216 g/mol. The first-order valence-electron chi connectivity index (χ1n) is 6.12. The first-order chi connectivity index (χ1) is 7.86. The van der Waals surface area contributed by atoms with Gasteiger partial charge in [0, 0.05) is 5.92 Å². The third kappa shape index (κ3) is 1.53. The number of carbonyl (C=O) groups is 1. The van der Waals surface area contributed by atoms with Gasteiger partial charge >= 0.3 is 5.97 Å². The van der Waals surface area contributed by atoms with Crippen LogP contribution in [0.2, 0.25) is 0 Å². The van der Waals surface area contributed by atoms with E-state index < -0.39 is 0 Å². The lowest BCUT2D eigenvalue weighted by molar-refractivity contribution is -0.142. The predicted molar refractivity (Wildman–Crippen MR) is 61.0 cm³/mol. The van der Waals surface area contributed by atoms with E-state index >= 15 is 0 Å². The van der Waals surface area contributed by atoms with Crippen LogP contribution < -0.4 is 0 Å². The molecule has 2 fully saturated rings. The van der Waals surface area contributed by atoms with Crippen LogP contribution in [0.3, 0.4) is 0 Å². The van der Waals surface area contributed by atoms with Crippen LogP contribution in [-0.4, -0.2) is 12.1 Å². The fourth-order valence-corrected chi connectivity index (χ4v) is 3.09. The molecule has 1 saturated carbocycles. The zero-order valence-corrected chi connectivity index (χ0v) is 9.26. The van der Waals surface area contributed by atoms with E-state index in [9.17, 15) is 4.79 Å². The van der Waals surface area contributed by atoms with Crippen molar-refractivity contribution in [2.45, 2.75) is 37.7 Å². The summed E-state index contributed by atoms with van der Waals surface area (Å²) in [5.41, 5.74) is 1.13. The van der Waals surface area contributed by atoms with Crippen molar-refractivity contribution in [1.82, 2.24) is 0 Å². The first-order valence-corrected chi connectivity index (χ1v) is 6.12. The van der Waals surface area contributed by atoms with Gasteiger partial charge in [-0.1, -0.05) is 36.8 Å². The Bertz CT molecular complexity index is 385. The molecule has 0 radical (unpaired) electrons. The average Bonchev–Trinajstić information content (AvgIpc) is 2.66. The SMILES string of the molecule is O=C1O[C@H]2CCCC[C@H]2[C@@H]1c1ccccc1. The summed E-state index contributed by atoms with van der Waals surface area (Å²) in [4.78, 5) is 11.9. The maximum Gasteiger partial charge on any atom is 0.314 e. The van der Waals surface area contributed by atoms with Gasteiger partial charge in [-0.2, -0.15) is 0 Å². The summed E-state index contributed by atoms with van der Waals surface area (Å²) in [7, 11) is 0. The Morgan fingerprint density at radius 1 is 1.06 bits per heavy atom. The Balaban J connectivity index is 1.91. The van der Waals surface area contributed by atoms with Crippen molar-refractivity contribution in [3.63, 3.8) is 0 Å². The van der Waals surface area contributed by atoms with Gasteiger partial charge < -0.3 is 4.74 Å². The molecule has 0 amide bonds. The molecule has 3 rings (SSSR count). The quantitative estimate of drug-likeness (QED) is 0.675. The molecule has 84 valence electrons. The van der Waals surface area contributed by atoms with Crippen LogP contribution >= 0.6 is 0 Å². The zero-order valence-electron chi connectivity index (χ0n) is 9.26. The zero-order chi connectivity index (χ0) is 11.0. The monoisotopic (exact) mass is 216 g/mol. The summed E-state index contributed by atoms with van der Waals surface area (Å²) in [5, 5.41) is 0. The van der Waals surface area contributed by atoms with Crippen molar-refractivity contribution in [3.8, 4) is 0 Å². The van der Waals surface area contributed by atoms with Crippen molar-refractivity contribution in [1.29, 1.82) is 0 Å². The third-order valence-electron chi connectivity index (χ3n) is 3.86. The Morgan fingerprint density at radius 3 is 2.62 bits per heavy atom. The number of benzene rings is 1. The molecular weight excluding hydrogens is 200 g/mol. The van der Waals surface area contributed by atoms with Crippen molar-refractivity contribution < 1.29 is 9.53 Å². The molecule has 1 saturated heterocycles. The summed E-state index contributed by atoms with van der Waals surface area (Å²) < 4.78 is 5.49. The molecule has 1 aliphatic heterocycles. The second kappa shape index (κ2) is 3.93. The van der Waals surface area contributed by atoms with Crippen LogP contribution in [0.1, 0.15) is 37.2 Å². The number of fused-ring (bicyclic) bond motifs is 1. The predicted octanol–water partition coefficient (Wildman–Crippen LogP) is 2.89.